The highest BCUT2D eigenvalue weighted by Crippen LogP contribution is 2.27. The lowest BCUT2D eigenvalue weighted by atomic mass is 10.2. The summed E-state index contributed by atoms with van der Waals surface area (Å²) in [6, 6.07) is 10.8. The zero-order chi connectivity index (χ0) is 17.8. The summed E-state index contributed by atoms with van der Waals surface area (Å²) >= 11 is 1.36. The van der Waals surface area contributed by atoms with E-state index in [1.165, 1.54) is 11.3 Å². The van der Waals surface area contributed by atoms with Crippen LogP contribution in [0.5, 0.6) is 5.75 Å². The van der Waals surface area contributed by atoms with Gasteiger partial charge in [-0.1, -0.05) is 12.1 Å². The van der Waals surface area contributed by atoms with Crippen molar-refractivity contribution in [2.75, 3.05) is 36.4 Å². The third kappa shape index (κ3) is 3.76. The van der Waals surface area contributed by atoms with Crippen LogP contribution in [0.15, 0.2) is 35.7 Å². The first-order valence-electron chi connectivity index (χ1n) is 8.15. The first-order valence-corrected chi connectivity index (χ1v) is 9.03. The van der Waals surface area contributed by atoms with Crippen molar-refractivity contribution in [3.63, 3.8) is 0 Å². The molecule has 1 saturated heterocycles. The number of anilines is 2. The number of carbonyl (C=O) groups is 1. The number of para-hydroxylation sites is 2. The van der Waals surface area contributed by atoms with E-state index in [2.05, 4.69) is 21.2 Å². The van der Waals surface area contributed by atoms with Crippen molar-refractivity contribution in [3.05, 3.63) is 41.3 Å². The van der Waals surface area contributed by atoms with Gasteiger partial charge in [-0.25, -0.2) is 0 Å². The monoisotopic (exact) mass is 356 g/mol. The van der Waals surface area contributed by atoms with Crippen LogP contribution in [0.4, 0.5) is 10.7 Å². The molecule has 1 aromatic carbocycles. The maximum atomic E-state index is 12.5. The largest absolute Gasteiger partial charge is 0.506 e. The first-order chi connectivity index (χ1) is 12.1. The first kappa shape index (κ1) is 17.3. The van der Waals surface area contributed by atoms with E-state index in [1.54, 1.807) is 17.5 Å². The van der Waals surface area contributed by atoms with Gasteiger partial charge in [-0.3, -0.25) is 9.69 Å². The fraction of sp³-hybridized carbons (Fsp3) is 0.333. The average molecular weight is 356 g/mol. The van der Waals surface area contributed by atoms with Crippen molar-refractivity contribution in [2.24, 2.45) is 0 Å². The molecule has 1 aliphatic rings. The van der Waals surface area contributed by atoms with E-state index in [4.69, 9.17) is 5.26 Å². The van der Waals surface area contributed by atoms with E-state index < -0.39 is 0 Å². The summed E-state index contributed by atoms with van der Waals surface area (Å²) in [5.74, 6) is 0.179. The minimum atomic E-state index is -0.278. The highest BCUT2D eigenvalue weighted by atomic mass is 32.1. The standard InChI is InChI=1S/C18H20N4O2S/c1-13(17(24)20-18-14(12-19)6-11-25-18)21-7-9-22(10-8-21)15-4-2-3-5-16(15)23/h2-6,11,13,23H,7-10H2,1H3,(H,20,24)/t13-/m0/s1. The maximum Gasteiger partial charge on any atom is 0.242 e. The van der Waals surface area contributed by atoms with Gasteiger partial charge in [0, 0.05) is 26.2 Å². The number of carbonyl (C=O) groups excluding carboxylic acids is 1. The summed E-state index contributed by atoms with van der Waals surface area (Å²) < 4.78 is 0. The third-order valence-corrected chi connectivity index (χ3v) is 5.32. The molecular formula is C18H20N4O2S. The molecule has 2 aromatic rings. The molecule has 2 heterocycles. The minimum absolute atomic E-state index is 0.102. The predicted octanol–water partition coefficient (Wildman–Crippen LogP) is 2.47. The number of nitrogens with one attached hydrogen (secondary N) is 1. The van der Waals surface area contributed by atoms with Crippen LogP contribution in [-0.2, 0) is 4.79 Å². The Balaban J connectivity index is 1.58. The van der Waals surface area contributed by atoms with Gasteiger partial charge in [0.2, 0.25) is 5.91 Å². The van der Waals surface area contributed by atoms with Crippen molar-refractivity contribution in [1.29, 1.82) is 5.26 Å². The number of thiophene rings is 1. The normalized spacial score (nSPS) is 16.2. The quantitative estimate of drug-likeness (QED) is 0.880. The molecular weight excluding hydrogens is 336 g/mol. The number of nitriles is 1. The molecule has 0 spiro atoms. The molecule has 0 saturated carbocycles. The van der Waals surface area contributed by atoms with Gasteiger partial charge < -0.3 is 15.3 Å². The van der Waals surface area contributed by atoms with Gasteiger partial charge >= 0.3 is 0 Å². The van der Waals surface area contributed by atoms with Crippen LogP contribution in [0.1, 0.15) is 12.5 Å². The van der Waals surface area contributed by atoms with Crippen LogP contribution >= 0.6 is 11.3 Å². The molecule has 0 aliphatic carbocycles. The van der Waals surface area contributed by atoms with Gasteiger partial charge in [0.15, 0.2) is 0 Å². The van der Waals surface area contributed by atoms with Crippen LogP contribution in [-0.4, -0.2) is 48.1 Å². The van der Waals surface area contributed by atoms with E-state index in [1.807, 2.05) is 25.1 Å². The number of aromatic hydroxyl groups is 1. The SMILES string of the molecule is C[C@@H](C(=O)Nc1sccc1C#N)N1CCN(c2ccccc2O)CC1. The van der Waals surface area contributed by atoms with Crippen molar-refractivity contribution < 1.29 is 9.90 Å². The second kappa shape index (κ2) is 7.55. The number of hydrogen-bond donors (Lipinski definition) is 2. The Bertz CT molecular complexity index is 790. The number of phenols is 1. The summed E-state index contributed by atoms with van der Waals surface area (Å²) in [5, 5.41) is 24.3. The molecule has 2 N–H and O–H groups in total. The van der Waals surface area contributed by atoms with Crippen LogP contribution in [0.3, 0.4) is 0 Å². The molecule has 1 aliphatic heterocycles. The number of benzene rings is 1. The number of piperazine rings is 1. The second-order valence-corrected chi connectivity index (χ2v) is 6.87. The Hall–Kier alpha value is -2.56. The van der Waals surface area contributed by atoms with Crippen LogP contribution < -0.4 is 10.2 Å². The molecule has 1 fully saturated rings. The molecule has 25 heavy (non-hydrogen) atoms. The molecule has 7 heteroatoms. The van der Waals surface area contributed by atoms with Crippen molar-refractivity contribution >= 4 is 27.9 Å². The number of rotatable bonds is 4. The summed E-state index contributed by atoms with van der Waals surface area (Å²) in [4.78, 5) is 16.7. The smallest absolute Gasteiger partial charge is 0.242 e. The molecule has 0 radical (unpaired) electrons. The minimum Gasteiger partial charge on any atom is -0.506 e. The molecule has 1 atom stereocenters. The van der Waals surface area contributed by atoms with Crippen molar-refractivity contribution in [3.8, 4) is 11.8 Å². The van der Waals surface area contributed by atoms with Crippen LogP contribution in [0.2, 0.25) is 0 Å². The van der Waals surface area contributed by atoms with Gasteiger partial charge in [-0.05, 0) is 30.5 Å². The number of amides is 1. The van der Waals surface area contributed by atoms with Gasteiger partial charge in [-0.15, -0.1) is 11.3 Å². The van der Waals surface area contributed by atoms with E-state index in [0.29, 0.717) is 10.6 Å². The fourth-order valence-corrected chi connectivity index (χ4v) is 3.70. The van der Waals surface area contributed by atoms with Crippen molar-refractivity contribution in [2.45, 2.75) is 13.0 Å². The Labute approximate surface area is 150 Å². The Morgan fingerprint density at radius 1 is 1.28 bits per heavy atom. The molecule has 0 bridgehead atoms. The Kier molecular flexibility index (Phi) is 5.22. The average Bonchev–Trinajstić information content (AvgIpc) is 3.09. The summed E-state index contributed by atoms with van der Waals surface area (Å²) in [6.45, 7) is 4.84. The molecule has 1 aromatic heterocycles. The fourth-order valence-electron chi connectivity index (χ4n) is 2.96. The van der Waals surface area contributed by atoms with Crippen molar-refractivity contribution in [1.82, 2.24) is 4.90 Å². The molecule has 130 valence electrons. The predicted molar refractivity (Wildman–Crippen MR) is 99.0 cm³/mol. The number of nitrogens with zero attached hydrogens (tertiary/aromatic N) is 3. The van der Waals surface area contributed by atoms with Gasteiger partial charge in [0.1, 0.15) is 16.8 Å². The van der Waals surface area contributed by atoms with Crippen LogP contribution in [0.25, 0.3) is 0 Å². The topological polar surface area (TPSA) is 79.6 Å². The molecule has 6 nitrogen and oxygen atoms in total. The lowest BCUT2D eigenvalue weighted by Crippen LogP contribution is -2.52. The van der Waals surface area contributed by atoms with Gasteiger partial charge in [0.05, 0.1) is 17.3 Å². The second-order valence-electron chi connectivity index (χ2n) is 5.95. The third-order valence-electron chi connectivity index (χ3n) is 4.49. The zero-order valence-electron chi connectivity index (χ0n) is 14.0. The molecule has 1 amide bonds. The van der Waals surface area contributed by atoms with E-state index in [-0.39, 0.29) is 17.7 Å². The summed E-state index contributed by atoms with van der Waals surface area (Å²) in [7, 11) is 0. The van der Waals surface area contributed by atoms with Gasteiger partial charge in [0.25, 0.3) is 0 Å². The van der Waals surface area contributed by atoms with E-state index in [9.17, 15) is 9.90 Å². The summed E-state index contributed by atoms with van der Waals surface area (Å²) in [5.41, 5.74) is 1.33. The molecule has 0 unspecified atom stereocenters. The number of hydrogen-bond acceptors (Lipinski definition) is 6. The zero-order valence-corrected chi connectivity index (χ0v) is 14.8. The Morgan fingerprint density at radius 2 is 2.00 bits per heavy atom. The van der Waals surface area contributed by atoms with E-state index >= 15 is 0 Å². The maximum absolute atomic E-state index is 12.5. The highest BCUT2D eigenvalue weighted by molar-refractivity contribution is 7.14. The lowest BCUT2D eigenvalue weighted by molar-refractivity contribution is -0.120. The lowest BCUT2D eigenvalue weighted by Gasteiger charge is -2.38. The van der Waals surface area contributed by atoms with E-state index in [0.717, 1.165) is 31.9 Å². The highest BCUT2D eigenvalue weighted by Gasteiger charge is 2.27. The molecule has 3 rings (SSSR count). The number of phenolic OH excluding ortho intramolecular Hbond substituents is 1. The van der Waals surface area contributed by atoms with Crippen LogP contribution in [0, 0.1) is 11.3 Å². The Morgan fingerprint density at radius 3 is 2.68 bits per heavy atom. The van der Waals surface area contributed by atoms with Gasteiger partial charge in [-0.2, -0.15) is 5.26 Å². The summed E-state index contributed by atoms with van der Waals surface area (Å²) in [6.07, 6.45) is 0.